The average molecular weight is 389 g/mol. The summed E-state index contributed by atoms with van der Waals surface area (Å²) in [5.41, 5.74) is 2.06. The number of amides is 2. The fourth-order valence-corrected chi connectivity index (χ4v) is 3.74. The van der Waals surface area contributed by atoms with E-state index in [1.807, 2.05) is 13.8 Å². The normalized spacial score (nSPS) is 16.7. The molecule has 3 rings (SSSR count). The van der Waals surface area contributed by atoms with Crippen molar-refractivity contribution in [3.05, 3.63) is 64.4 Å². The molecule has 2 amide bonds. The number of carbonyl (C=O) groups excluding carboxylic acids is 2. The number of nitrogens with one attached hydrogen (secondary N) is 1. The van der Waals surface area contributed by atoms with Crippen LogP contribution in [0.1, 0.15) is 43.9 Å². The van der Waals surface area contributed by atoms with Crippen LogP contribution in [-0.2, 0) is 9.59 Å². The molecular weight excluding hydrogens is 367 g/mol. The van der Waals surface area contributed by atoms with E-state index in [1.165, 1.54) is 12.1 Å². The van der Waals surface area contributed by atoms with E-state index in [0.29, 0.717) is 23.6 Å². The van der Waals surface area contributed by atoms with Gasteiger partial charge in [-0.25, -0.2) is 4.39 Å². The standard InChI is InChI=1S/C21H22ClFN2O2/c1-3-13(4-2)21(27)25-12-19(26)24-18-10-7-15(22)11-17(18)20(25)14-5-8-16(23)9-6-14/h5-11,13,20H,3-4,12H2,1-2H3,(H,24,26)/t20-/m1/s1. The number of nitrogens with zero attached hydrogens (tertiary/aromatic N) is 1. The Morgan fingerprint density at radius 3 is 2.52 bits per heavy atom. The second-order valence-corrected chi connectivity index (χ2v) is 7.15. The maximum absolute atomic E-state index is 13.5. The Morgan fingerprint density at radius 1 is 1.22 bits per heavy atom. The summed E-state index contributed by atoms with van der Waals surface area (Å²) in [6.45, 7) is 3.85. The Hall–Kier alpha value is -2.40. The van der Waals surface area contributed by atoms with Gasteiger partial charge >= 0.3 is 0 Å². The molecule has 6 heteroatoms. The first-order valence-corrected chi connectivity index (χ1v) is 9.47. The summed E-state index contributed by atoms with van der Waals surface area (Å²) in [6, 6.07) is 10.7. The van der Waals surface area contributed by atoms with Gasteiger partial charge in [0, 0.05) is 22.2 Å². The molecule has 1 N–H and O–H groups in total. The molecule has 4 nitrogen and oxygen atoms in total. The highest BCUT2D eigenvalue weighted by Gasteiger charge is 2.35. The van der Waals surface area contributed by atoms with E-state index in [-0.39, 0.29) is 30.1 Å². The van der Waals surface area contributed by atoms with Gasteiger partial charge in [0.1, 0.15) is 12.4 Å². The molecule has 142 valence electrons. The molecule has 1 atom stereocenters. The van der Waals surface area contributed by atoms with Crippen LogP contribution in [0.25, 0.3) is 0 Å². The van der Waals surface area contributed by atoms with Gasteiger partial charge in [-0.05, 0) is 48.7 Å². The molecule has 0 aliphatic carbocycles. The predicted molar refractivity (Wildman–Crippen MR) is 104 cm³/mol. The summed E-state index contributed by atoms with van der Waals surface area (Å²) in [5.74, 6) is -0.882. The minimum Gasteiger partial charge on any atom is -0.324 e. The predicted octanol–water partition coefficient (Wildman–Crippen LogP) is 4.79. The van der Waals surface area contributed by atoms with Gasteiger partial charge in [0.15, 0.2) is 0 Å². The summed E-state index contributed by atoms with van der Waals surface area (Å²) < 4.78 is 13.5. The molecule has 0 unspecified atom stereocenters. The number of hydrogen-bond donors (Lipinski definition) is 1. The van der Waals surface area contributed by atoms with E-state index in [1.54, 1.807) is 35.2 Å². The minimum atomic E-state index is -0.522. The van der Waals surface area contributed by atoms with Crippen molar-refractivity contribution in [3.63, 3.8) is 0 Å². The highest BCUT2D eigenvalue weighted by Crippen LogP contribution is 2.38. The molecule has 2 aromatic carbocycles. The maximum atomic E-state index is 13.5. The van der Waals surface area contributed by atoms with Gasteiger partial charge < -0.3 is 10.2 Å². The number of carbonyl (C=O) groups is 2. The van der Waals surface area contributed by atoms with Gasteiger partial charge in [0.25, 0.3) is 0 Å². The SMILES string of the molecule is CCC(CC)C(=O)N1CC(=O)Nc2ccc(Cl)cc2[C@H]1c1ccc(F)cc1. The molecule has 0 spiro atoms. The zero-order chi connectivity index (χ0) is 19.6. The van der Waals surface area contributed by atoms with E-state index >= 15 is 0 Å². The van der Waals surface area contributed by atoms with Gasteiger partial charge in [-0.1, -0.05) is 37.6 Å². The van der Waals surface area contributed by atoms with E-state index in [4.69, 9.17) is 11.6 Å². The number of halogens is 2. The first kappa shape index (κ1) is 19.4. The molecule has 0 saturated carbocycles. The topological polar surface area (TPSA) is 49.4 Å². The zero-order valence-electron chi connectivity index (χ0n) is 15.3. The highest BCUT2D eigenvalue weighted by molar-refractivity contribution is 6.30. The second kappa shape index (κ2) is 8.09. The monoisotopic (exact) mass is 388 g/mol. The average Bonchev–Trinajstić information content (AvgIpc) is 2.79. The Labute approximate surface area is 163 Å². The van der Waals surface area contributed by atoms with Crippen LogP contribution < -0.4 is 5.32 Å². The summed E-state index contributed by atoms with van der Waals surface area (Å²) in [5, 5.41) is 3.36. The van der Waals surface area contributed by atoms with E-state index in [0.717, 1.165) is 11.1 Å². The van der Waals surface area contributed by atoms with Crippen LogP contribution in [0, 0.1) is 11.7 Å². The van der Waals surface area contributed by atoms with Crippen molar-refractivity contribution in [1.82, 2.24) is 4.90 Å². The molecule has 0 fully saturated rings. The van der Waals surface area contributed by atoms with E-state index in [2.05, 4.69) is 5.32 Å². The lowest BCUT2D eigenvalue weighted by molar-refractivity contribution is -0.140. The van der Waals surface area contributed by atoms with Crippen molar-refractivity contribution >= 4 is 29.1 Å². The third kappa shape index (κ3) is 3.98. The smallest absolute Gasteiger partial charge is 0.244 e. The second-order valence-electron chi connectivity index (χ2n) is 6.71. The summed E-state index contributed by atoms with van der Waals surface area (Å²) in [4.78, 5) is 27.3. The Morgan fingerprint density at radius 2 is 1.89 bits per heavy atom. The van der Waals surface area contributed by atoms with E-state index in [9.17, 15) is 14.0 Å². The van der Waals surface area contributed by atoms with Crippen LogP contribution in [0.2, 0.25) is 5.02 Å². The summed E-state index contributed by atoms with van der Waals surface area (Å²) >= 11 is 6.21. The van der Waals surface area contributed by atoms with Gasteiger partial charge in [0.2, 0.25) is 11.8 Å². The van der Waals surface area contributed by atoms with Crippen LogP contribution >= 0.6 is 11.6 Å². The summed E-state index contributed by atoms with van der Waals surface area (Å²) in [7, 11) is 0. The minimum absolute atomic E-state index is 0.0658. The Kier molecular flexibility index (Phi) is 5.80. The quantitative estimate of drug-likeness (QED) is 0.818. The lowest BCUT2D eigenvalue weighted by Crippen LogP contribution is -2.42. The van der Waals surface area contributed by atoms with Crippen LogP contribution in [0.5, 0.6) is 0 Å². The number of benzene rings is 2. The lowest BCUT2D eigenvalue weighted by Gasteiger charge is -2.33. The maximum Gasteiger partial charge on any atom is 0.244 e. The van der Waals surface area contributed by atoms with Gasteiger partial charge in [-0.2, -0.15) is 0 Å². The van der Waals surface area contributed by atoms with Crippen molar-refractivity contribution in [1.29, 1.82) is 0 Å². The van der Waals surface area contributed by atoms with Gasteiger partial charge in [-0.3, -0.25) is 9.59 Å². The molecule has 1 heterocycles. The first-order valence-electron chi connectivity index (χ1n) is 9.09. The molecule has 0 aromatic heterocycles. The Bertz CT molecular complexity index is 850. The van der Waals surface area contributed by atoms with Crippen molar-refractivity contribution in [2.75, 3.05) is 11.9 Å². The fraction of sp³-hybridized carbons (Fsp3) is 0.333. The molecule has 0 saturated heterocycles. The zero-order valence-corrected chi connectivity index (χ0v) is 16.1. The number of anilines is 1. The van der Waals surface area contributed by atoms with Crippen molar-refractivity contribution < 1.29 is 14.0 Å². The van der Waals surface area contributed by atoms with Gasteiger partial charge in [-0.15, -0.1) is 0 Å². The van der Waals surface area contributed by atoms with Crippen molar-refractivity contribution in [3.8, 4) is 0 Å². The molecule has 0 radical (unpaired) electrons. The lowest BCUT2D eigenvalue weighted by atomic mass is 9.93. The van der Waals surface area contributed by atoms with Crippen molar-refractivity contribution in [2.24, 2.45) is 5.92 Å². The summed E-state index contributed by atoms with van der Waals surface area (Å²) in [6.07, 6.45) is 1.37. The largest absolute Gasteiger partial charge is 0.324 e. The molecule has 27 heavy (non-hydrogen) atoms. The molecule has 2 aromatic rings. The highest BCUT2D eigenvalue weighted by atomic mass is 35.5. The third-order valence-corrected chi connectivity index (χ3v) is 5.25. The molecule has 1 aliphatic heterocycles. The molecular formula is C21H22ClFN2O2. The first-order chi connectivity index (χ1) is 12.9. The van der Waals surface area contributed by atoms with Crippen LogP contribution in [0.3, 0.4) is 0 Å². The molecule has 0 bridgehead atoms. The number of hydrogen-bond acceptors (Lipinski definition) is 2. The van der Waals surface area contributed by atoms with Crippen LogP contribution in [0.4, 0.5) is 10.1 Å². The number of fused-ring (bicyclic) bond motifs is 1. The Balaban J connectivity index is 2.18. The number of rotatable bonds is 4. The van der Waals surface area contributed by atoms with Gasteiger partial charge in [0.05, 0.1) is 6.04 Å². The molecule has 1 aliphatic rings. The van der Waals surface area contributed by atoms with E-state index < -0.39 is 6.04 Å². The van der Waals surface area contributed by atoms with Crippen molar-refractivity contribution in [2.45, 2.75) is 32.7 Å². The van der Waals surface area contributed by atoms with Crippen LogP contribution in [0.15, 0.2) is 42.5 Å². The third-order valence-electron chi connectivity index (χ3n) is 5.01. The fourth-order valence-electron chi connectivity index (χ4n) is 3.56. The van der Waals surface area contributed by atoms with Crippen LogP contribution in [-0.4, -0.2) is 23.3 Å².